The van der Waals surface area contributed by atoms with E-state index in [1.165, 1.54) is 30.5 Å². The van der Waals surface area contributed by atoms with Crippen LogP contribution in [0.15, 0.2) is 6.20 Å². The molecule has 8 nitrogen and oxygen atoms in total. The molecule has 2 aromatic rings. The van der Waals surface area contributed by atoms with Crippen molar-refractivity contribution in [1.82, 2.24) is 30.5 Å². The first-order valence-electron chi connectivity index (χ1n) is 9.14. The SMILES string of the molecule is O=C(NCc1n[nH]c2c1CCCCC2)c1cn(C[C@H]2CCCO2)nn1. The highest BCUT2D eigenvalue weighted by molar-refractivity contribution is 5.91. The Morgan fingerprint density at radius 3 is 3.12 bits per heavy atom. The zero-order chi connectivity index (χ0) is 17.1. The zero-order valence-corrected chi connectivity index (χ0v) is 14.3. The van der Waals surface area contributed by atoms with Gasteiger partial charge in [0.25, 0.3) is 5.91 Å². The van der Waals surface area contributed by atoms with Crippen LogP contribution in [0.2, 0.25) is 0 Å². The van der Waals surface area contributed by atoms with Crippen LogP contribution in [0.1, 0.15) is 59.5 Å². The van der Waals surface area contributed by atoms with Gasteiger partial charge in [-0.05, 0) is 44.1 Å². The summed E-state index contributed by atoms with van der Waals surface area (Å²) in [7, 11) is 0. The van der Waals surface area contributed by atoms with Crippen molar-refractivity contribution in [3.8, 4) is 0 Å². The van der Waals surface area contributed by atoms with E-state index in [2.05, 4.69) is 25.8 Å². The second-order valence-corrected chi connectivity index (χ2v) is 6.83. The lowest BCUT2D eigenvalue weighted by molar-refractivity contribution is 0.0929. The van der Waals surface area contributed by atoms with Gasteiger partial charge in [0.2, 0.25) is 0 Å². The summed E-state index contributed by atoms with van der Waals surface area (Å²) in [5.41, 5.74) is 3.78. The van der Waals surface area contributed by atoms with E-state index in [0.717, 1.165) is 38.0 Å². The van der Waals surface area contributed by atoms with E-state index in [-0.39, 0.29) is 12.0 Å². The number of amides is 1. The summed E-state index contributed by atoms with van der Waals surface area (Å²) in [6.45, 7) is 1.87. The molecule has 1 amide bonds. The highest BCUT2D eigenvalue weighted by Crippen LogP contribution is 2.21. The van der Waals surface area contributed by atoms with E-state index in [1.807, 2.05) is 0 Å². The van der Waals surface area contributed by atoms with Gasteiger partial charge in [-0.15, -0.1) is 5.10 Å². The molecule has 134 valence electrons. The fourth-order valence-electron chi connectivity index (χ4n) is 3.62. The van der Waals surface area contributed by atoms with Crippen LogP contribution in [0.5, 0.6) is 0 Å². The minimum atomic E-state index is -0.219. The molecule has 1 saturated heterocycles. The summed E-state index contributed by atoms with van der Waals surface area (Å²) in [6.07, 6.45) is 9.70. The topological polar surface area (TPSA) is 97.7 Å². The Morgan fingerprint density at radius 2 is 2.24 bits per heavy atom. The highest BCUT2D eigenvalue weighted by atomic mass is 16.5. The predicted octanol–water partition coefficient (Wildman–Crippen LogP) is 1.38. The fraction of sp³-hybridized carbons (Fsp3) is 0.647. The number of hydrogen-bond acceptors (Lipinski definition) is 5. The van der Waals surface area contributed by atoms with Gasteiger partial charge in [0, 0.05) is 12.3 Å². The summed E-state index contributed by atoms with van der Waals surface area (Å²) in [4.78, 5) is 12.3. The monoisotopic (exact) mass is 344 g/mol. The molecule has 0 unspecified atom stereocenters. The van der Waals surface area contributed by atoms with Crippen molar-refractivity contribution in [2.24, 2.45) is 0 Å². The van der Waals surface area contributed by atoms with E-state index in [4.69, 9.17) is 4.74 Å². The number of nitrogens with zero attached hydrogens (tertiary/aromatic N) is 4. The number of rotatable bonds is 5. The molecule has 2 aromatic heterocycles. The lowest BCUT2D eigenvalue weighted by Crippen LogP contribution is -2.24. The third kappa shape index (κ3) is 3.73. The number of nitrogens with one attached hydrogen (secondary N) is 2. The molecule has 0 radical (unpaired) electrons. The van der Waals surface area contributed by atoms with Crippen LogP contribution in [0, 0.1) is 0 Å². The van der Waals surface area contributed by atoms with Crippen LogP contribution in [0.3, 0.4) is 0 Å². The van der Waals surface area contributed by atoms with E-state index >= 15 is 0 Å². The molecular formula is C17H24N6O2. The standard InChI is InChI=1S/C17H24N6O2/c24-17(16-11-23(22-21-16)10-12-5-4-8-25-12)18-9-15-13-6-2-1-3-7-14(13)19-20-15/h11-12H,1-10H2,(H,18,24)(H,19,20)/t12-/m1/s1. The van der Waals surface area contributed by atoms with Crippen molar-refractivity contribution in [2.75, 3.05) is 6.61 Å². The first kappa shape index (κ1) is 16.3. The highest BCUT2D eigenvalue weighted by Gasteiger charge is 2.19. The van der Waals surface area contributed by atoms with Gasteiger partial charge in [0.05, 0.1) is 31.1 Å². The third-order valence-corrected chi connectivity index (χ3v) is 4.99. The normalized spacial score (nSPS) is 20.2. The van der Waals surface area contributed by atoms with Gasteiger partial charge in [-0.1, -0.05) is 11.6 Å². The first-order valence-corrected chi connectivity index (χ1v) is 9.14. The summed E-state index contributed by atoms with van der Waals surface area (Å²) in [6, 6.07) is 0. The van der Waals surface area contributed by atoms with E-state index in [9.17, 15) is 4.79 Å². The summed E-state index contributed by atoms with van der Waals surface area (Å²) in [5, 5.41) is 18.4. The van der Waals surface area contributed by atoms with Gasteiger partial charge in [-0.2, -0.15) is 5.10 Å². The van der Waals surface area contributed by atoms with Crippen molar-refractivity contribution < 1.29 is 9.53 Å². The molecule has 1 aliphatic carbocycles. The molecule has 0 bridgehead atoms. The third-order valence-electron chi connectivity index (χ3n) is 4.99. The van der Waals surface area contributed by atoms with Gasteiger partial charge >= 0.3 is 0 Å². The number of carbonyl (C=O) groups excluding carboxylic acids is 1. The summed E-state index contributed by atoms with van der Waals surface area (Å²) >= 11 is 0. The molecule has 1 fully saturated rings. The fourth-order valence-corrected chi connectivity index (χ4v) is 3.62. The second-order valence-electron chi connectivity index (χ2n) is 6.83. The Hall–Kier alpha value is -2.22. The average Bonchev–Trinajstić information content (AvgIpc) is 3.33. The summed E-state index contributed by atoms with van der Waals surface area (Å²) in [5.74, 6) is -0.219. The molecule has 25 heavy (non-hydrogen) atoms. The molecular weight excluding hydrogens is 320 g/mol. The van der Waals surface area contributed by atoms with Crippen LogP contribution in [0.4, 0.5) is 0 Å². The average molecular weight is 344 g/mol. The molecule has 2 N–H and O–H groups in total. The summed E-state index contributed by atoms with van der Waals surface area (Å²) < 4.78 is 7.27. The van der Waals surface area contributed by atoms with Crippen LogP contribution >= 0.6 is 0 Å². The lowest BCUT2D eigenvalue weighted by atomic mass is 10.1. The molecule has 0 saturated carbocycles. The van der Waals surface area contributed by atoms with Crippen LogP contribution in [-0.2, 0) is 30.7 Å². The Labute approximate surface area is 146 Å². The number of hydrogen-bond donors (Lipinski definition) is 2. The van der Waals surface area contributed by atoms with Crippen LogP contribution in [0.25, 0.3) is 0 Å². The minimum Gasteiger partial charge on any atom is -0.376 e. The zero-order valence-electron chi connectivity index (χ0n) is 14.3. The number of carbonyl (C=O) groups is 1. The largest absolute Gasteiger partial charge is 0.376 e. The van der Waals surface area contributed by atoms with Gasteiger partial charge in [-0.3, -0.25) is 9.89 Å². The molecule has 1 atom stereocenters. The molecule has 0 spiro atoms. The lowest BCUT2D eigenvalue weighted by Gasteiger charge is -2.07. The van der Waals surface area contributed by atoms with Crippen LogP contribution in [-0.4, -0.2) is 43.8 Å². The predicted molar refractivity (Wildman–Crippen MR) is 90.0 cm³/mol. The van der Waals surface area contributed by atoms with Crippen molar-refractivity contribution in [3.63, 3.8) is 0 Å². The van der Waals surface area contributed by atoms with Gasteiger partial charge < -0.3 is 10.1 Å². The van der Waals surface area contributed by atoms with Crippen molar-refractivity contribution >= 4 is 5.91 Å². The maximum Gasteiger partial charge on any atom is 0.273 e. The number of H-pyrrole nitrogens is 1. The quantitative estimate of drug-likeness (QED) is 0.799. The number of ether oxygens (including phenoxy) is 1. The van der Waals surface area contributed by atoms with E-state index < -0.39 is 0 Å². The molecule has 0 aromatic carbocycles. The number of aromatic nitrogens is 5. The first-order chi connectivity index (χ1) is 12.3. The number of aromatic amines is 1. The van der Waals surface area contributed by atoms with Gasteiger partial charge in [-0.25, -0.2) is 4.68 Å². The molecule has 2 aliphatic rings. The van der Waals surface area contributed by atoms with E-state index in [1.54, 1.807) is 10.9 Å². The molecule has 4 rings (SSSR count). The minimum absolute atomic E-state index is 0.178. The Bertz CT molecular complexity index is 731. The Morgan fingerprint density at radius 1 is 1.32 bits per heavy atom. The van der Waals surface area contributed by atoms with Crippen molar-refractivity contribution in [3.05, 3.63) is 28.8 Å². The maximum atomic E-state index is 12.3. The molecule has 8 heteroatoms. The van der Waals surface area contributed by atoms with Gasteiger partial charge in [0.1, 0.15) is 0 Å². The van der Waals surface area contributed by atoms with Crippen LogP contribution < -0.4 is 5.32 Å². The maximum absolute atomic E-state index is 12.3. The Kier molecular flexibility index (Phi) is 4.78. The number of fused-ring (bicyclic) bond motifs is 1. The Balaban J connectivity index is 1.34. The van der Waals surface area contributed by atoms with Crippen molar-refractivity contribution in [2.45, 2.75) is 64.1 Å². The van der Waals surface area contributed by atoms with E-state index in [0.29, 0.717) is 18.8 Å². The number of aryl methyl sites for hydroxylation is 1. The second kappa shape index (κ2) is 7.35. The van der Waals surface area contributed by atoms with Gasteiger partial charge in [0.15, 0.2) is 5.69 Å². The van der Waals surface area contributed by atoms with Crippen molar-refractivity contribution in [1.29, 1.82) is 0 Å². The smallest absolute Gasteiger partial charge is 0.273 e. The molecule has 1 aliphatic heterocycles. The molecule has 3 heterocycles.